The van der Waals surface area contributed by atoms with E-state index in [0.29, 0.717) is 5.41 Å². The van der Waals surface area contributed by atoms with Crippen LogP contribution in [0.3, 0.4) is 0 Å². The summed E-state index contributed by atoms with van der Waals surface area (Å²) in [5.41, 5.74) is 1.44. The molecule has 0 heterocycles. The van der Waals surface area contributed by atoms with Crippen molar-refractivity contribution in [3.63, 3.8) is 0 Å². The fourth-order valence-electron chi connectivity index (χ4n) is 7.26. The van der Waals surface area contributed by atoms with E-state index in [0.717, 1.165) is 33.0 Å². The quantitative estimate of drug-likeness (QED) is 0.342. The van der Waals surface area contributed by atoms with Crippen LogP contribution in [0.5, 0.6) is 0 Å². The van der Waals surface area contributed by atoms with Crippen LogP contribution in [-0.2, 0) is 0 Å². The van der Waals surface area contributed by atoms with Gasteiger partial charge in [0.05, 0.1) is 0 Å². The predicted molar refractivity (Wildman–Crippen MR) is 94.2 cm³/mol. The Morgan fingerprint density at radius 3 is 2.50 bits per heavy atom. The van der Waals surface area contributed by atoms with Gasteiger partial charge in [0.1, 0.15) is 0 Å². The first-order chi connectivity index (χ1) is 9.55. The summed E-state index contributed by atoms with van der Waals surface area (Å²) in [6.45, 7) is 5.34. The Bertz CT molecular complexity index is 391. The maximum absolute atomic E-state index is 2.82. The second-order valence-electron chi connectivity index (χ2n) is 9.07. The van der Waals surface area contributed by atoms with Crippen LogP contribution in [0.1, 0.15) is 78.1 Å². The first-order valence-corrected chi connectivity index (χ1v) is 10.4. The summed E-state index contributed by atoms with van der Waals surface area (Å²) in [6, 6.07) is 0. The summed E-state index contributed by atoms with van der Waals surface area (Å²) in [6.07, 6.45) is 15.4. The van der Waals surface area contributed by atoms with Gasteiger partial charge in [-0.1, -0.05) is 49.3 Å². The minimum Gasteiger partial charge on any atom is -0.0823 e. The number of hydrogen-bond acceptors (Lipinski definition) is 0. The Labute approximate surface area is 139 Å². The molecule has 4 saturated carbocycles. The molecule has 0 nitrogen and oxygen atoms in total. The van der Waals surface area contributed by atoms with Crippen molar-refractivity contribution in [2.45, 2.75) is 82.0 Å². The van der Waals surface area contributed by atoms with Gasteiger partial charge in [-0.25, -0.2) is 0 Å². The van der Waals surface area contributed by atoms with Crippen LogP contribution in [0.4, 0.5) is 0 Å². The van der Waals surface area contributed by atoms with Crippen molar-refractivity contribution in [3.05, 3.63) is 0 Å². The van der Waals surface area contributed by atoms with Gasteiger partial charge in [0.15, 0.2) is 0 Å². The molecule has 0 spiro atoms. The van der Waals surface area contributed by atoms with Gasteiger partial charge < -0.3 is 0 Å². The minimum absolute atomic E-state index is 0.713. The molecular formula is C19H31I. The second kappa shape index (κ2) is 4.86. The predicted octanol–water partition coefficient (Wildman–Crippen LogP) is 6.22. The van der Waals surface area contributed by atoms with Gasteiger partial charge in [-0.05, 0) is 85.9 Å². The van der Waals surface area contributed by atoms with Gasteiger partial charge in [-0.3, -0.25) is 0 Å². The van der Waals surface area contributed by atoms with Gasteiger partial charge in [-0.2, -0.15) is 0 Å². The number of halogens is 1. The lowest BCUT2D eigenvalue weighted by molar-refractivity contribution is -0.101. The van der Waals surface area contributed by atoms with E-state index in [9.17, 15) is 0 Å². The average molecular weight is 386 g/mol. The van der Waals surface area contributed by atoms with Gasteiger partial charge in [0.25, 0.3) is 0 Å². The van der Waals surface area contributed by atoms with E-state index in [1.165, 1.54) is 25.7 Å². The third-order valence-electron chi connectivity index (χ3n) is 8.34. The zero-order chi connectivity index (χ0) is 14.0. The summed E-state index contributed by atoms with van der Waals surface area (Å²) >= 11 is 2.82. The summed E-state index contributed by atoms with van der Waals surface area (Å²) in [5.74, 6) is 4.30. The second-order valence-corrected chi connectivity index (χ2v) is 10.7. The smallest absolute Gasteiger partial charge is 0.0146 e. The van der Waals surface area contributed by atoms with Gasteiger partial charge in [0.2, 0.25) is 0 Å². The van der Waals surface area contributed by atoms with Gasteiger partial charge >= 0.3 is 0 Å². The number of fused-ring (bicyclic) bond motifs is 5. The van der Waals surface area contributed by atoms with Crippen LogP contribution in [-0.4, -0.2) is 3.92 Å². The van der Waals surface area contributed by atoms with Crippen LogP contribution in [0.2, 0.25) is 0 Å². The van der Waals surface area contributed by atoms with E-state index in [-0.39, 0.29) is 0 Å². The lowest BCUT2D eigenvalue weighted by Gasteiger charge is -2.60. The SMILES string of the molecule is C[C@@]12CCC(I)[C@H]1[C@@H]1CC[C@H]3CCCC[C@]3(C)[C@H]1CC2. The van der Waals surface area contributed by atoms with Crippen molar-refractivity contribution in [1.82, 2.24) is 0 Å². The fraction of sp³-hybridized carbons (Fsp3) is 1.00. The van der Waals surface area contributed by atoms with E-state index < -0.39 is 0 Å². The number of rotatable bonds is 0. The average Bonchev–Trinajstić information content (AvgIpc) is 2.74. The lowest BCUT2D eigenvalue weighted by atomic mass is 9.45. The van der Waals surface area contributed by atoms with Gasteiger partial charge in [-0.15, -0.1) is 0 Å². The normalized spacial score (nSPS) is 58.6. The molecule has 4 rings (SSSR count). The molecule has 0 amide bonds. The Kier molecular flexibility index (Phi) is 3.48. The molecule has 1 unspecified atom stereocenters. The first kappa shape index (κ1) is 14.3. The largest absolute Gasteiger partial charge is 0.0823 e. The lowest BCUT2D eigenvalue weighted by Crippen LogP contribution is -2.53. The van der Waals surface area contributed by atoms with Crippen LogP contribution >= 0.6 is 22.6 Å². The topological polar surface area (TPSA) is 0 Å². The standard InChI is InChI=1S/C19H31I/c1-18-11-8-15-14(17(18)16(20)9-12-18)7-6-13-5-3-4-10-19(13,15)2/h13-17H,3-12H2,1-2H3/t13-,14-,15+,16?,17-,18-,19+/m1/s1. The number of hydrogen-bond donors (Lipinski definition) is 0. The Morgan fingerprint density at radius 2 is 1.65 bits per heavy atom. The summed E-state index contributed by atoms with van der Waals surface area (Å²) in [5, 5.41) is 0. The highest BCUT2D eigenvalue weighted by Crippen LogP contribution is 2.67. The molecule has 0 aromatic rings. The summed E-state index contributed by atoms with van der Waals surface area (Å²) in [4.78, 5) is 0. The third kappa shape index (κ3) is 1.90. The zero-order valence-corrected chi connectivity index (χ0v) is 15.5. The van der Waals surface area contributed by atoms with Crippen molar-refractivity contribution in [2.75, 3.05) is 0 Å². The molecule has 7 atom stereocenters. The van der Waals surface area contributed by atoms with Crippen molar-refractivity contribution < 1.29 is 0 Å². The highest BCUT2D eigenvalue weighted by Gasteiger charge is 2.59. The highest BCUT2D eigenvalue weighted by molar-refractivity contribution is 14.1. The zero-order valence-electron chi connectivity index (χ0n) is 13.3. The molecule has 114 valence electrons. The molecule has 0 N–H and O–H groups in total. The molecule has 4 fully saturated rings. The van der Waals surface area contributed by atoms with Crippen molar-refractivity contribution in [1.29, 1.82) is 0 Å². The third-order valence-corrected chi connectivity index (χ3v) is 9.73. The maximum Gasteiger partial charge on any atom is 0.0146 e. The van der Waals surface area contributed by atoms with Crippen LogP contribution in [0.15, 0.2) is 0 Å². The highest BCUT2D eigenvalue weighted by atomic mass is 127. The first-order valence-electron chi connectivity index (χ1n) is 9.19. The van der Waals surface area contributed by atoms with E-state index in [1.807, 2.05) is 0 Å². The molecule has 4 aliphatic carbocycles. The van der Waals surface area contributed by atoms with Crippen LogP contribution < -0.4 is 0 Å². The molecule has 0 saturated heterocycles. The molecular weight excluding hydrogens is 355 g/mol. The Morgan fingerprint density at radius 1 is 0.850 bits per heavy atom. The fourth-order valence-corrected chi connectivity index (χ4v) is 8.98. The molecule has 20 heavy (non-hydrogen) atoms. The summed E-state index contributed by atoms with van der Waals surface area (Å²) < 4.78 is 0.981. The molecule has 4 aliphatic rings. The van der Waals surface area contributed by atoms with E-state index in [2.05, 4.69) is 36.4 Å². The monoisotopic (exact) mass is 386 g/mol. The number of alkyl halides is 1. The van der Waals surface area contributed by atoms with Crippen molar-refractivity contribution in [3.8, 4) is 0 Å². The van der Waals surface area contributed by atoms with Crippen molar-refractivity contribution in [2.24, 2.45) is 34.5 Å². The van der Waals surface area contributed by atoms with Crippen molar-refractivity contribution >= 4 is 22.6 Å². The minimum atomic E-state index is 0.713. The summed E-state index contributed by atoms with van der Waals surface area (Å²) in [7, 11) is 0. The van der Waals surface area contributed by atoms with E-state index in [4.69, 9.17) is 0 Å². The molecule has 0 bridgehead atoms. The molecule has 0 aromatic carbocycles. The molecule has 0 radical (unpaired) electrons. The van der Waals surface area contributed by atoms with E-state index in [1.54, 1.807) is 38.5 Å². The molecule has 0 aliphatic heterocycles. The van der Waals surface area contributed by atoms with Crippen LogP contribution in [0.25, 0.3) is 0 Å². The molecule has 0 aromatic heterocycles. The Balaban J connectivity index is 1.66. The Hall–Kier alpha value is 0.730. The van der Waals surface area contributed by atoms with Gasteiger partial charge in [0, 0.05) is 3.92 Å². The maximum atomic E-state index is 2.82. The van der Waals surface area contributed by atoms with E-state index >= 15 is 0 Å². The molecule has 1 heteroatoms. The van der Waals surface area contributed by atoms with Crippen LogP contribution in [0, 0.1) is 34.5 Å².